The molecule has 2 rings (SSSR count). The first kappa shape index (κ1) is 20.1. The molecule has 1 aromatic heterocycles. The van der Waals surface area contributed by atoms with Crippen molar-refractivity contribution in [3.63, 3.8) is 0 Å². The lowest BCUT2D eigenvalue weighted by Crippen LogP contribution is -2.43. The Kier molecular flexibility index (Phi) is 7.78. The standard InChI is InChI=1S/C20H29N3O2S/c1-6-21-20(23-14(2)12-17-11-10-15(3)26-17)22-13-16-8-7-9-18(24-4)19(16)25-5/h7-11,14H,6,12-13H2,1-5H3,(H2,21,22,23). The van der Waals surface area contributed by atoms with Gasteiger partial charge in [-0.1, -0.05) is 12.1 Å². The van der Waals surface area contributed by atoms with Crippen molar-refractivity contribution in [1.82, 2.24) is 10.6 Å². The van der Waals surface area contributed by atoms with Crippen LogP contribution in [-0.2, 0) is 13.0 Å². The minimum absolute atomic E-state index is 0.290. The van der Waals surface area contributed by atoms with Crippen LogP contribution in [0.4, 0.5) is 0 Å². The van der Waals surface area contributed by atoms with Crippen molar-refractivity contribution in [2.45, 2.75) is 39.8 Å². The molecule has 26 heavy (non-hydrogen) atoms. The van der Waals surface area contributed by atoms with Crippen LogP contribution in [0.15, 0.2) is 35.3 Å². The first-order chi connectivity index (χ1) is 12.6. The van der Waals surface area contributed by atoms with Crippen LogP contribution in [-0.4, -0.2) is 32.8 Å². The maximum absolute atomic E-state index is 5.49. The first-order valence-corrected chi connectivity index (χ1v) is 9.69. The predicted octanol–water partition coefficient (Wildman–Crippen LogP) is 3.76. The van der Waals surface area contributed by atoms with Crippen LogP contribution in [0, 0.1) is 6.92 Å². The molecule has 0 fully saturated rings. The third kappa shape index (κ3) is 5.66. The summed E-state index contributed by atoms with van der Waals surface area (Å²) < 4.78 is 10.8. The molecular formula is C20H29N3O2S. The van der Waals surface area contributed by atoms with Crippen LogP contribution >= 0.6 is 11.3 Å². The second-order valence-corrected chi connectivity index (χ2v) is 7.48. The van der Waals surface area contributed by atoms with Gasteiger partial charge < -0.3 is 20.1 Å². The molecule has 2 aromatic rings. The Morgan fingerprint density at radius 1 is 1.19 bits per heavy atom. The van der Waals surface area contributed by atoms with E-state index in [0.717, 1.165) is 36.0 Å². The number of hydrogen-bond donors (Lipinski definition) is 2. The number of ether oxygens (including phenoxy) is 2. The maximum atomic E-state index is 5.49. The van der Waals surface area contributed by atoms with E-state index in [0.29, 0.717) is 6.54 Å². The quantitative estimate of drug-likeness (QED) is 0.545. The lowest BCUT2D eigenvalue weighted by Gasteiger charge is -2.18. The number of rotatable bonds is 8. The van der Waals surface area contributed by atoms with Crippen LogP contribution in [0.3, 0.4) is 0 Å². The highest BCUT2D eigenvalue weighted by Crippen LogP contribution is 2.31. The van der Waals surface area contributed by atoms with E-state index in [9.17, 15) is 0 Å². The highest BCUT2D eigenvalue weighted by Gasteiger charge is 2.11. The average molecular weight is 376 g/mol. The third-order valence-corrected chi connectivity index (χ3v) is 4.95. The molecule has 0 saturated carbocycles. The summed E-state index contributed by atoms with van der Waals surface area (Å²) in [4.78, 5) is 7.44. The molecule has 5 nitrogen and oxygen atoms in total. The Hall–Kier alpha value is -2.21. The maximum Gasteiger partial charge on any atom is 0.191 e. The number of benzene rings is 1. The zero-order valence-corrected chi connectivity index (χ0v) is 17.1. The minimum atomic E-state index is 0.290. The van der Waals surface area contributed by atoms with E-state index in [1.165, 1.54) is 9.75 Å². The molecular weight excluding hydrogens is 346 g/mol. The van der Waals surface area contributed by atoms with Gasteiger partial charge in [0.15, 0.2) is 17.5 Å². The molecule has 0 amide bonds. The molecule has 0 aliphatic carbocycles. The summed E-state index contributed by atoms with van der Waals surface area (Å²) in [5.74, 6) is 2.26. The number of aliphatic imine (C=N–C) groups is 1. The zero-order chi connectivity index (χ0) is 18.9. The van der Waals surface area contributed by atoms with Crippen molar-refractivity contribution in [2.24, 2.45) is 4.99 Å². The monoisotopic (exact) mass is 375 g/mol. The van der Waals surface area contributed by atoms with Crippen LogP contribution < -0.4 is 20.1 Å². The van der Waals surface area contributed by atoms with Gasteiger partial charge in [-0.05, 0) is 39.0 Å². The Balaban J connectivity index is 2.06. The van der Waals surface area contributed by atoms with Gasteiger partial charge in [0.25, 0.3) is 0 Å². The van der Waals surface area contributed by atoms with Crippen molar-refractivity contribution in [3.8, 4) is 11.5 Å². The molecule has 6 heteroatoms. The highest BCUT2D eigenvalue weighted by molar-refractivity contribution is 7.11. The second kappa shape index (κ2) is 10.1. The van der Waals surface area contributed by atoms with Gasteiger partial charge in [-0.25, -0.2) is 4.99 Å². The zero-order valence-electron chi connectivity index (χ0n) is 16.3. The van der Waals surface area contributed by atoms with E-state index in [1.54, 1.807) is 14.2 Å². The van der Waals surface area contributed by atoms with Crippen molar-refractivity contribution in [1.29, 1.82) is 0 Å². The molecule has 1 aromatic carbocycles. The SMILES string of the molecule is CCNC(=NCc1cccc(OC)c1OC)NC(C)Cc1ccc(C)s1. The van der Waals surface area contributed by atoms with Gasteiger partial charge in [0.2, 0.25) is 0 Å². The molecule has 0 aliphatic heterocycles. The van der Waals surface area contributed by atoms with Gasteiger partial charge in [0, 0.05) is 34.3 Å². The Bertz CT molecular complexity index is 728. The Labute approximate surface area is 160 Å². The largest absolute Gasteiger partial charge is 0.493 e. The molecule has 0 bridgehead atoms. The fraction of sp³-hybridized carbons (Fsp3) is 0.450. The van der Waals surface area contributed by atoms with Gasteiger partial charge in [-0.2, -0.15) is 0 Å². The molecule has 0 saturated heterocycles. The number of thiophene rings is 1. The van der Waals surface area contributed by atoms with Crippen molar-refractivity contribution in [3.05, 3.63) is 45.6 Å². The topological polar surface area (TPSA) is 54.9 Å². The van der Waals surface area contributed by atoms with Gasteiger partial charge in [0.1, 0.15) is 0 Å². The molecule has 2 N–H and O–H groups in total. The third-order valence-electron chi connectivity index (χ3n) is 3.92. The van der Waals surface area contributed by atoms with E-state index in [2.05, 4.69) is 43.5 Å². The van der Waals surface area contributed by atoms with Gasteiger partial charge in [0.05, 0.1) is 20.8 Å². The summed E-state index contributed by atoms with van der Waals surface area (Å²) in [5.41, 5.74) is 0.991. The van der Waals surface area contributed by atoms with Gasteiger partial charge in [-0.15, -0.1) is 11.3 Å². The molecule has 1 unspecified atom stereocenters. The van der Waals surface area contributed by atoms with Gasteiger partial charge >= 0.3 is 0 Å². The fourth-order valence-electron chi connectivity index (χ4n) is 2.74. The summed E-state index contributed by atoms with van der Waals surface area (Å²) in [6.45, 7) is 7.70. The van der Waals surface area contributed by atoms with Crippen molar-refractivity contribution >= 4 is 17.3 Å². The molecule has 1 heterocycles. The number of para-hydroxylation sites is 1. The normalized spacial score (nSPS) is 12.6. The van der Waals surface area contributed by atoms with E-state index >= 15 is 0 Å². The molecule has 142 valence electrons. The number of nitrogens with one attached hydrogen (secondary N) is 2. The summed E-state index contributed by atoms with van der Waals surface area (Å²) in [6, 6.07) is 10.5. The first-order valence-electron chi connectivity index (χ1n) is 8.87. The summed E-state index contributed by atoms with van der Waals surface area (Å²) in [5, 5.41) is 6.80. The van der Waals surface area contributed by atoms with Crippen LogP contribution in [0.25, 0.3) is 0 Å². The fourth-order valence-corrected chi connectivity index (χ4v) is 3.76. The predicted molar refractivity (Wildman–Crippen MR) is 110 cm³/mol. The lowest BCUT2D eigenvalue weighted by atomic mass is 10.2. The van der Waals surface area contributed by atoms with E-state index in [-0.39, 0.29) is 6.04 Å². The van der Waals surface area contributed by atoms with Crippen LogP contribution in [0.2, 0.25) is 0 Å². The Morgan fingerprint density at radius 2 is 2.00 bits per heavy atom. The van der Waals surface area contributed by atoms with E-state index < -0.39 is 0 Å². The number of nitrogens with zero attached hydrogens (tertiary/aromatic N) is 1. The van der Waals surface area contributed by atoms with Crippen molar-refractivity contribution in [2.75, 3.05) is 20.8 Å². The summed E-state index contributed by atoms with van der Waals surface area (Å²) in [6.07, 6.45) is 0.978. The summed E-state index contributed by atoms with van der Waals surface area (Å²) >= 11 is 1.85. The molecule has 0 spiro atoms. The van der Waals surface area contributed by atoms with Crippen LogP contribution in [0.1, 0.15) is 29.2 Å². The summed E-state index contributed by atoms with van der Waals surface area (Å²) in [7, 11) is 3.30. The lowest BCUT2D eigenvalue weighted by molar-refractivity contribution is 0.352. The van der Waals surface area contributed by atoms with E-state index in [4.69, 9.17) is 14.5 Å². The number of methoxy groups -OCH3 is 2. The molecule has 0 radical (unpaired) electrons. The number of hydrogen-bond acceptors (Lipinski definition) is 4. The van der Waals surface area contributed by atoms with Gasteiger partial charge in [-0.3, -0.25) is 0 Å². The minimum Gasteiger partial charge on any atom is -0.493 e. The number of aryl methyl sites for hydroxylation is 1. The average Bonchev–Trinajstić information content (AvgIpc) is 3.03. The second-order valence-electron chi connectivity index (χ2n) is 6.11. The molecule has 1 atom stereocenters. The van der Waals surface area contributed by atoms with Crippen molar-refractivity contribution < 1.29 is 9.47 Å². The Morgan fingerprint density at radius 3 is 2.62 bits per heavy atom. The van der Waals surface area contributed by atoms with Crippen LogP contribution in [0.5, 0.6) is 11.5 Å². The van der Waals surface area contributed by atoms with E-state index in [1.807, 2.05) is 29.5 Å². The smallest absolute Gasteiger partial charge is 0.191 e. The number of guanidine groups is 1. The molecule has 0 aliphatic rings. The highest BCUT2D eigenvalue weighted by atomic mass is 32.1.